The molecule has 1 saturated carbocycles. The monoisotopic (exact) mass is 506 g/mol. The Morgan fingerprint density at radius 1 is 1.19 bits per heavy atom. The summed E-state index contributed by atoms with van der Waals surface area (Å²) in [6, 6.07) is 0.453. The number of nitrogens with zero attached hydrogens (tertiary/aromatic N) is 1. The third kappa shape index (κ3) is 7.09. The number of rotatable bonds is 8. The van der Waals surface area contributed by atoms with Crippen molar-refractivity contribution >= 4 is 17.8 Å². The van der Waals surface area contributed by atoms with Crippen molar-refractivity contribution in [3.63, 3.8) is 0 Å². The molecular formula is C26H38N2O8. The summed E-state index contributed by atoms with van der Waals surface area (Å²) in [4.78, 5) is 42.6. The SMILES string of the molecule is COc1ccnc(C(=O)NC2CCCC(OCC(C)C)C(OC(=O)C3CCCC3)C(C)OC2=O)c1O. The second-order valence-electron chi connectivity index (χ2n) is 9.96. The number of carbonyl (C=O) groups excluding carboxylic acids is 3. The first-order valence-electron chi connectivity index (χ1n) is 12.8. The van der Waals surface area contributed by atoms with Crippen molar-refractivity contribution in [3.8, 4) is 11.5 Å². The summed E-state index contributed by atoms with van der Waals surface area (Å²) in [7, 11) is 1.36. The fourth-order valence-electron chi connectivity index (χ4n) is 4.62. The molecule has 10 heteroatoms. The van der Waals surface area contributed by atoms with E-state index in [-0.39, 0.29) is 35.7 Å². The molecule has 3 rings (SSSR count). The summed E-state index contributed by atoms with van der Waals surface area (Å²) in [6.45, 7) is 6.22. The lowest BCUT2D eigenvalue weighted by Gasteiger charge is -2.32. The van der Waals surface area contributed by atoms with E-state index in [4.69, 9.17) is 18.9 Å². The smallest absolute Gasteiger partial charge is 0.329 e. The summed E-state index contributed by atoms with van der Waals surface area (Å²) in [6.07, 6.45) is 4.29. The van der Waals surface area contributed by atoms with Crippen LogP contribution in [-0.2, 0) is 23.8 Å². The lowest BCUT2D eigenvalue weighted by molar-refractivity contribution is -0.183. The van der Waals surface area contributed by atoms with Crippen LogP contribution >= 0.6 is 0 Å². The van der Waals surface area contributed by atoms with E-state index in [1.54, 1.807) is 6.92 Å². The van der Waals surface area contributed by atoms with Crippen LogP contribution in [-0.4, -0.2) is 66.0 Å². The maximum absolute atomic E-state index is 13.0. The Labute approximate surface area is 212 Å². The predicted molar refractivity (Wildman–Crippen MR) is 130 cm³/mol. The van der Waals surface area contributed by atoms with Gasteiger partial charge in [0, 0.05) is 18.9 Å². The number of hydrogen-bond acceptors (Lipinski definition) is 9. The van der Waals surface area contributed by atoms with Crippen LogP contribution in [0.25, 0.3) is 0 Å². The number of pyridine rings is 1. The normalized spacial score (nSPS) is 25.4. The molecule has 10 nitrogen and oxygen atoms in total. The number of methoxy groups -OCH3 is 1. The largest absolute Gasteiger partial charge is 0.503 e. The van der Waals surface area contributed by atoms with E-state index in [0.717, 1.165) is 25.7 Å². The van der Waals surface area contributed by atoms with Gasteiger partial charge in [-0.1, -0.05) is 26.7 Å². The third-order valence-corrected chi connectivity index (χ3v) is 6.61. The number of carbonyl (C=O) groups is 3. The Hall–Kier alpha value is -2.88. The van der Waals surface area contributed by atoms with E-state index in [0.29, 0.717) is 19.4 Å². The first-order chi connectivity index (χ1) is 17.2. The highest BCUT2D eigenvalue weighted by molar-refractivity contribution is 5.97. The Morgan fingerprint density at radius 3 is 2.58 bits per heavy atom. The topological polar surface area (TPSA) is 133 Å². The van der Waals surface area contributed by atoms with Gasteiger partial charge in [0.2, 0.25) is 0 Å². The van der Waals surface area contributed by atoms with Crippen molar-refractivity contribution in [2.75, 3.05) is 13.7 Å². The van der Waals surface area contributed by atoms with Gasteiger partial charge in [-0.2, -0.15) is 0 Å². The molecular weight excluding hydrogens is 468 g/mol. The summed E-state index contributed by atoms with van der Waals surface area (Å²) >= 11 is 0. The van der Waals surface area contributed by atoms with Crippen LogP contribution in [0.4, 0.5) is 0 Å². The molecule has 36 heavy (non-hydrogen) atoms. The fraction of sp³-hybridized carbons (Fsp3) is 0.692. The van der Waals surface area contributed by atoms with Crippen LogP contribution in [0, 0.1) is 11.8 Å². The van der Waals surface area contributed by atoms with Crippen LogP contribution in [0.15, 0.2) is 12.3 Å². The summed E-state index contributed by atoms with van der Waals surface area (Å²) in [5.41, 5.74) is -0.253. The Kier molecular flexibility index (Phi) is 9.92. The summed E-state index contributed by atoms with van der Waals surface area (Å²) in [5, 5.41) is 12.9. The molecule has 1 aliphatic carbocycles. The van der Waals surface area contributed by atoms with Crippen LogP contribution in [0.1, 0.15) is 76.2 Å². The van der Waals surface area contributed by atoms with Gasteiger partial charge < -0.3 is 29.4 Å². The van der Waals surface area contributed by atoms with Gasteiger partial charge in [0.25, 0.3) is 5.91 Å². The average Bonchev–Trinajstić information content (AvgIpc) is 3.39. The summed E-state index contributed by atoms with van der Waals surface area (Å²) < 4.78 is 22.8. The minimum absolute atomic E-state index is 0.0953. The lowest BCUT2D eigenvalue weighted by atomic mass is 10.0. The van der Waals surface area contributed by atoms with E-state index < -0.39 is 42.0 Å². The third-order valence-electron chi connectivity index (χ3n) is 6.61. The molecule has 1 aromatic rings. The molecule has 200 valence electrons. The highest BCUT2D eigenvalue weighted by atomic mass is 16.6. The van der Waals surface area contributed by atoms with Gasteiger partial charge in [0.15, 0.2) is 23.3 Å². The number of cyclic esters (lactones) is 1. The average molecular weight is 507 g/mol. The molecule has 0 radical (unpaired) electrons. The molecule has 2 N–H and O–H groups in total. The van der Waals surface area contributed by atoms with E-state index in [2.05, 4.69) is 10.3 Å². The Balaban J connectivity index is 1.75. The second kappa shape index (κ2) is 12.9. The van der Waals surface area contributed by atoms with Crippen molar-refractivity contribution in [2.24, 2.45) is 11.8 Å². The van der Waals surface area contributed by atoms with Crippen molar-refractivity contribution in [1.82, 2.24) is 10.3 Å². The highest BCUT2D eigenvalue weighted by Gasteiger charge is 2.39. The number of nitrogens with one attached hydrogen (secondary N) is 1. The van der Waals surface area contributed by atoms with E-state index in [9.17, 15) is 19.5 Å². The lowest BCUT2D eigenvalue weighted by Crippen LogP contribution is -2.46. The van der Waals surface area contributed by atoms with Crippen molar-refractivity contribution in [3.05, 3.63) is 18.0 Å². The zero-order chi connectivity index (χ0) is 26.2. The van der Waals surface area contributed by atoms with Crippen LogP contribution in [0.3, 0.4) is 0 Å². The minimum atomic E-state index is -0.970. The minimum Gasteiger partial charge on any atom is -0.503 e. The molecule has 0 aromatic carbocycles. The van der Waals surface area contributed by atoms with Crippen LogP contribution in [0.5, 0.6) is 11.5 Å². The molecule has 4 unspecified atom stereocenters. The predicted octanol–water partition coefficient (Wildman–Crippen LogP) is 3.15. The van der Waals surface area contributed by atoms with Gasteiger partial charge in [-0.25, -0.2) is 9.78 Å². The van der Waals surface area contributed by atoms with Gasteiger partial charge >= 0.3 is 11.9 Å². The molecule has 0 bridgehead atoms. The Bertz CT molecular complexity index is 915. The maximum Gasteiger partial charge on any atom is 0.329 e. The number of amides is 1. The number of hydrogen-bond donors (Lipinski definition) is 2. The molecule has 0 spiro atoms. The number of aromatic nitrogens is 1. The molecule has 4 atom stereocenters. The van der Waals surface area contributed by atoms with E-state index in [1.807, 2.05) is 13.8 Å². The molecule has 1 amide bonds. The molecule has 1 aliphatic heterocycles. The highest BCUT2D eigenvalue weighted by Crippen LogP contribution is 2.30. The summed E-state index contributed by atoms with van der Waals surface area (Å²) in [5.74, 6) is -1.83. The van der Waals surface area contributed by atoms with E-state index >= 15 is 0 Å². The van der Waals surface area contributed by atoms with Crippen molar-refractivity contribution in [1.29, 1.82) is 0 Å². The zero-order valence-electron chi connectivity index (χ0n) is 21.5. The van der Waals surface area contributed by atoms with Crippen molar-refractivity contribution in [2.45, 2.75) is 90.1 Å². The number of esters is 2. The van der Waals surface area contributed by atoms with E-state index in [1.165, 1.54) is 19.4 Å². The molecule has 2 heterocycles. The second-order valence-corrected chi connectivity index (χ2v) is 9.96. The fourth-order valence-corrected chi connectivity index (χ4v) is 4.62. The first kappa shape index (κ1) is 27.7. The van der Waals surface area contributed by atoms with Crippen molar-refractivity contribution < 1.29 is 38.4 Å². The molecule has 1 saturated heterocycles. The zero-order valence-corrected chi connectivity index (χ0v) is 21.5. The molecule has 2 fully saturated rings. The molecule has 2 aliphatic rings. The van der Waals surface area contributed by atoms with Gasteiger partial charge in [-0.3, -0.25) is 9.59 Å². The van der Waals surface area contributed by atoms with Gasteiger partial charge in [-0.15, -0.1) is 0 Å². The van der Waals surface area contributed by atoms with Gasteiger partial charge in [0.05, 0.1) is 19.1 Å². The molecule has 1 aromatic heterocycles. The number of ether oxygens (including phenoxy) is 4. The van der Waals surface area contributed by atoms with Crippen LogP contribution < -0.4 is 10.1 Å². The van der Waals surface area contributed by atoms with Gasteiger partial charge in [-0.05, 0) is 44.9 Å². The standard InChI is InChI=1S/C26H38N2O8/c1-15(2)14-34-20-11-7-10-18(28-24(30)21-22(29)19(33-4)12-13-27-21)26(32)35-16(3)23(20)36-25(31)17-8-5-6-9-17/h12-13,15-18,20,23,29H,5-11,14H2,1-4H3,(H,28,30). The quantitative estimate of drug-likeness (QED) is 0.510. The van der Waals surface area contributed by atoms with Crippen LogP contribution in [0.2, 0.25) is 0 Å². The van der Waals surface area contributed by atoms with Gasteiger partial charge in [0.1, 0.15) is 12.1 Å². The Morgan fingerprint density at radius 2 is 1.92 bits per heavy atom. The maximum atomic E-state index is 13.0. The first-order valence-corrected chi connectivity index (χ1v) is 12.8. The number of aromatic hydroxyl groups is 1.